The number of sulfonamides is 1. The average Bonchev–Trinajstić information content (AvgIpc) is 3.20. The van der Waals surface area contributed by atoms with Crippen LogP contribution in [-0.2, 0) is 17.1 Å². The van der Waals surface area contributed by atoms with Crippen LogP contribution >= 0.6 is 0 Å². The van der Waals surface area contributed by atoms with Gasteiger partial charge < -0.3 is 15.3 Å². The molecule has 2 bridgehead atoms. The second-order valence-corrected chi connectivity index (χ2v) is 10.4. The first-order valence-electron chi connectivity index (χ1n) is 10.1. The molecule has 5 rings (SSSR count). The summed E-state index contributed by atoms with van der Waals surface area (Å²) in [7, 11) is -1.26. The highest BCUT2D eigenvalue weighted by molar-refractivity contribution is 7.90. The van der Waals surface area contributed by atoms with Crippen molar-refractivity contribution in [1.29, 1.82) is 5.41 Å². The van der Waals surface area contributed by atoms with Gasteiger partial charge >= 0.3 is 0 Å². The highest BCUT2D eigenvalue weighted by Gasteiger charge is 2.51. The summed E-state index contributed by atoms with van der Waals surface area (Å²) in [4.78, 5) is 5.57. The lowest BCUT2D eigenvalue weighted by Gasteiger charge is -2.42. The Hall–Kier alpha value is -2.39. The average molecular weight is 415 g/mol. The molecule has 2 saturated heterocycles. The molecule has 0 aromatic carbocycles. The van der Waals surface area contributed by atoms with Gasteiger partial charge in [0.25, 0.3) is 0 Å². The Bertz CT molecular complexity index is 1050. The highest BCUT2D eigenvalue weighted by atomic mass is 32.2. The molecular formula is C20H26N6O2S. The van der Waals surface area contributed by atoms with Gasteiger partial charge in [-0.3, -0.25) is 4.68 Å². The zero-order valence-electron chi connectivity index (χ0n) is 16.5. The molecule has 29 heavy (non-hydrogen) atoms. The minimum atomic E-state index is -3.16. The first kappa shape index (κ1) is 18.6. The second kappa shape index (κ2) is 6.84. The van der Waals surface area contributed by atoms with E-state index in [0.717, 1.165) is 48.2 Å². The maximum atomic E-state index is 12.9. The minimum Gasteiger partial charge on any atom is -0.367 e. The van der Waals surface area contributed by atoms with E-state index in [1.54, 1.807) is 10.8 Å². The highest BCUT2D eigenvalue weighted by Crippen LogP contribution is 2.41. The molecule has 1 aliphatic carbocycles. The third-order valence-corrected chi connectivity index (χ3v) is 8.73. The van der Waals surface area contributed by atoms with Gasteiger partial charge in [-0.25, -0.2) is 8.42 Å². The molecule has 9 heteroatoms. The fraction of sp³-hybridized carbons (Fsp3) is 0.500. The summed E-state index contributed by atoms with van der Waals surface area (Å²) in [6, 6.07) is 2.13. The van der Waals surface area contributed by atoms with E-state index in [1.807, 2.05) is 29.9 Å². The third kappa shape index (κ3) is 3.22. The molecule has 0 radical (unpaired) electrons. The summed E-state index contributed by atoms with van der Waals surface area (Å²) in [5.41, 5.74) is 3.95. The van der Waals surface area contributed by atoms with E-state index >= 15 is 0 Å². The Kier molecular flexibility index (Phi) is 4.40. The van der Waals surface area contributed by atoms with Gasteiger partial charge in [-0.2, -0.15) is 9.40 Å². The van der Waals surface area contributed by atoms with Crippen molar-refractivity contribution in [1.82, 2.24) is 24.0 Å². The van der Waals surface area contributed by atoms with Crippen molar-refractivity contribution in [2.75, 3.05) is 13.1 Å². The SMILES string of the molecule is Cn1cc(-c2c[nH]c(/C(=C\C=N)N3CC4CCC(C3)N4S(=O)(=O)C3CC3)c2)cn1. The maximum Gasteiger partial charge on any atom is 0.217 e. The number of fused-ring (bicyclic) bond motifs is 2. The van der Waals surface area contributed by atoms with Gasteiger partial charge in [0.2, 0.25) is 10.0 Å². The topological polar surface area (TPSA) is 98.1 Å². The molecule has 2 aromatic rings. The molecule has 154 valence electrons. The van der Waals surface area contributed by atoms with Crippen LogP contribution in [0.15, 0.2) is 30.7 Å². The van der Waals surface area contributed by atoms with Crippen LogP contribution < -0.4 is 0 Å². The van der Waals surface area contributed by atoms with E-state index < -0.39 is 10.0 Å². The number of aromatic nitrogens is 3. The van der Waals surface area contributed by atoms with Gasteiger partial charge in [-0.1, -0.05) is 0 Å². The van der Waals surface area contributed by atoms with E-state index in [1.165, 1.54) is 6.21 Å². The smallest absolute Gasteiger partial charge is 0.217 e. The molecule has 3 aliphatic rings. The number of likely N-dealkylation sites (tertiary alicyclic amines) is 1. The molecular weight excluding hydrogens is 388 g/mol. The quantitative estimate of drug-likeness (QED) is 0.707. The van der Waals surface area contributed by atoms with Crippen molar-refractivity contribution in [2.24, 2.45) is 7.05 Å². The number of nitrogens with one attached hydrogen (secondary N) is 2. The lowest BCUT2D eigenvalue weighted by Crippen LogP contribution is -2.55. The number of hydrogen-bond donors (Lipinski definition) is 2. The largest absolute Gasteiger partial charge is 0.367 e. The Balaban J connectivity index is 1.40. The van der Waals surface area contributed by atoms with Gasteiger partial charge in [0.05, 0.1) is 22.8 Å². The number of aromatic amines is 1. The summed E-state index contributed by atoms with van der Waals surface area (Å²) >= 11 is 0. The first-order valence-corrected chi connectivity index (χ1v) is 11.6. The Morgan fingerprint density at radius 2 is 1.93 bits per heavy atom. The second-order valence-electron chi connectivity index (χ2n) is 8.29. The Morgan fingerprint density at radius 3 is 2.52 bits per heavy atom. The van der Waals surface area contributed by atoms with E-state index in [-0.39, 0.29) is 17.3 Å². The van der Waals surface area contributed by atoms with Gasteiger partial charge in [0.15, 0.2) is 0 Å². The molecule has 8 nitrogen and oxygen atoms in total. The predicted octanol–water partition coefficient (Wildman–Crippen LogP) is 2.05. The van der Waals surface area contributed by atoms with Crippen LogP contribution in [-0.4, -0.2) is 69.0 Å². The van der Waals surface area contributed by atoms with Crippen molar-refractivity contribution >= 4 is 21.9 Å². The molecule has 2 aromatic heterocycles. The molecule has 2 aliphatic heterocycles. The number of rotatable bonds is 6. The molecule has 0 spiro atoms. The van der Waals surface area contributed by atoms with E-state index in [9.17, 15) is 8.42 Å². The van der Waals surface area contributed by atoms with Crippen LogP contribution in [0.2, 0.25) is 0 Å². The molecule has 0 amide bonds. The number of allylic oxidation sites excluding steroid dienone is 1. The Labute approximate surface area is 170 Å². The van der Waals surface area contributed by atoms with Crippen molar-refractivity contribution in [3.05, 3.63) is 36.4 Å². The fourth-order valence-corrected chi connectivity index (χ4v) is 6.99. The lowest BCUT2D eigenvalue weighted by molar-refractivity contribution is 0.179. The zero-order chi connectivity index (χ0) is 20.2. The first-order chi connectivity index (χ1) is 14.0. The standard InChI is InChI=1S/C20H26N6O2S/c1-24-11-15(10-23-24)14-8-19(22-9-14)20(6-7-21)25-12-16-2-3-17(13-25)26(16)29(27,28)18-4-5-18/h6-11,16-18,21-22H,2-5,12-13H2,1H3/b20-6+,21-7?. The molecule has 2 N–H and O–H groups in total. The zero-order valence-corrected chi connectivity index (χ0v) is 17.3. The van der Waals surface area contributed by atoms with Crippen molar-refractivity contribution in [3.8, 4) is 11.1 Å². The summed E-state index contributed by atoms with van der Waals surface area (Å²) in [5, 5.41) is 11.7. The third-order valence-electron chi connectivity index (χ3n) is 6.23. The van der Waals surface area contributed by atoms with Crippen molar-refractivity contribution < 1.29 is 8.42 Å². The van der Waals surface area contributed by atoms with Crippen LogP contribution in [0.1, 0.15) is 31.4 Å². The van der Waals surface area contributed by atoms with E-state index in [4.69, 9.17) is 5.41 Å². The number of hydrogen-bond acceptors (Lipinski definition) is 5. The van der Waals surface area contributed by atoms with Crippen molar-refractivity contribution in [3.63, 3.8) is 0 Å². The van der Waals surface area contributed by atoms with Crippen LogP contribution in [0.25, 0.3) is 16.8 Å². The molecule has 4 heterocycles. The Morgan fingerprint density at radius 1 is 1.21 bits per heavy atom. The summed E-state index contributed by atoms with van der Waals surface area (Å²) in [6.45, 7) is 1.34. The minimum absolute atomic E-state index is 0.0289. The van der Waals surface area contributed by atoms with Crippen molar-refractivity contribution in [2.45, 2.75) is 43.0 Å². The normalized spacial score (nSPS) is 25.6. The van der Waals surface area contributed by atoms with Crippen LogP contribution in [0, 0.1) is 5.41 Å². The van der Waals surface area contributed by atoms with E-state index in [0.29, 0.717) is 13.1 Å². The number of piperazine rings is 1. The predicted molar refractivity (Wildman–Crippen MR) is 112 cm³/mol. The summed E-state index contributed by atoms with van der Waals surface area (Å²) in [5.74, 6) is 0. The number of aryl methyl sites for hydroxylation is 1. The van der Waals surface area contributed by atoms with Crippen LogP contribution in [0.4, 0.5) is 0 Å². The van der Waals surface area contributed by atoms with E-state index in [2.05, 4.69) is 21.0 Å². The summed E-state index contributed by atoms with van der Waals surface area (Å²) < 4.78 is 29.4. The molecule has 2 unspecified atom stereocenters. The van der Waals surface area contributed by atoms with Crippen LogP contribution in [0.3, 0.4) is 0 Å². The lowest BCUT2D eigenvalue weighted by atomic mass is 10.1. The molecule has 3 fully saturated rings. The van der Waals surface area contributed by atoms with Gasteiger partial charge in [-0.05, 0) is 37.8 Å². The number of H-pyrrole nitrogens is 1. The van der Waals surface area contributed by atoms with Gasteiger partial charge in [0, 0.05) is 62.0 Å². The van der Waals surface area contributed by atoms with Crippen LogP contribution in [0.5, 0.6) is 0 Å². The van der Waals surface area contributed by atoms with Gasteiger partial charge in [0.1, 0.15) is 0 Å². The maximum absolute atomic E-state index is 12.9. The summed E-state index contributed by atoms with van der Waals surface area (Å²) in [6.07, 6.45) is 12.3. The molecule has 2 atom stereocenters. The van der Waals surface area contributed by atoms with Gasteiger partial charge in [-0.15, -0.1) is 0 Å². The fourth-order valence-electron chi connectivity index (χ4n) is 4.74. The monoisotopic (exact) mass is 414 g/mol. The number of nitrogens with zero attached hydrogens (tertiary/aromatic N) is 4. The molecule has 1 saturated carbocycles.